The summed E-state index contributed by atoms with van der Waals surface area (Å²) in [5.41, 5.74) is 1.59. The van der Waals surface area contributed by atoms with E-state index in [2.05, 4.69) is 33.9 Å². The second-order valence-electron chi connectivity index (χ2n) is 12.5. The van der Waals surface area contributed by atoms with Crippen LogP contribution in [0.5, 0.6) is 0 Å². The first-order valence-corrected chi connectivity index (χ1v) is 18.1. The lowest BCUT2D eigenvalue weighted by Crippen LogP contribution is -2.40. The van der Waals surface area contributed by atoms with E-state index in [1.54, 1.807) is 0 Å². The Morgan fingerprint density at radius 2 is 1.15 bits per heavy atom. The van der Waals surface area contributed by atoms with E-state index in [9.17, 15) is 14.7 Å². The van der Waals surface area contributed by atoms with Crippen molar-refractivity contribution in [1.82, 2.24) is 0 Å². The Morgan fingerprint density at radius 3 is 1.57 bits per heavy atom. The second-order valence-corrected chi connectivity index (χ2v) is 17.3. The van der Waals surface area contributed by atoms with Crippen LogP contribution in [-0.2, 0) is 18.8 Å². The van der Waals surface area contributed by atoms with Crippen LogP contribution in [0.2, 0.25) is 18.1 Å². The molecular formula is C34H52O5Si. The van der Waals surface area contributed by atoms with Crippen molar-refractivity contribution in [3.05, 3.63) is 71.8 Å². The second kappa shape index (κ2) is 17.4. The molecule has 0 saturated heterocycles. The van der Waals surface area contributed by atoms with Crippen molar-refractivity contribution in [2.75, 3.05) is 6.61 Å². The zero-order valence-corrected chi connectivity index (χ0v) is 26.5. The highest BCUT2D eigenvalue weighted by atomic mass is 28.4. The molecule has 0 bridgehead atoms. The van der Waals surface area contributed by atoms with Crippen LogP contribution in [0.1, 0.15) is 108 Å². The highest BCUT2D eigenvalue weighted by molar-refractivity contribution is 6.74. The van der Waals surface area contributed by atoms with E-state index in [0.717, 1.165) is 49.8 Å². The van der Waals surface area contributed by atoms with Gasteiger partial charge in [-0.3, -0.25) is 4.79 Å². The molecular weight excluding hydrogens is 516 g/mol. The van der Waals surface area contributed by atoms with Gasteiger partial charge in [-0.2, -0.15) is 0 Å². The van der Waals surface area contributed by atoms with Crippen LogP contribution in [0.15, 0.2) is 60.7 Å². The number of ether oxygens (including phenoxy) is 1. The van der Waals surface area contributed by atoms with Gasteiger partial charge < -0.3 is 14.3 Å². The molecule has 2 aromatic carbocycles. The van der Waals surface area contributed by atoms with Crippen LogP contribution in [0.3, 0.4) is 0 Å². The van der Waals surface area contributed by atoms with Gasteiger partial charge in [0, 0.05) is 6.61 Å². The Hall–Kier alpha value is -2.44. The number of carboxylic acid groups (broad SMARTS) is 1. The topological polar surface area (TPSA) is 72.8 Å². The molecule has 5 nitrogen and oxygen atoms in total. The zero-order valence-electron chi connectivity index (χ0n) is 25.5. The fourth-order valence-corrected chi connectivity index (χ4v) is 5.67. The number of unbranched alkanes of at least 4 members (excludes halogenated alkanes) is 9. The van der Waals surface area contributed by atoms with Crippen molar-refractivity contribution < 1.29 is 23.9 Å². The quantitative estimate of drug-likeness (QED) is 0.104. The van der Waals surface area contributed by atoms with Crippen molar-refractivity contribution >= 4 is 20.3 Å². The fourth-order valence-electron chi connectivity index (χ4n) is 4.59. The standard InChI is InChI=1S/C34H52O5Si/c1-34(2,3)40(4,5)38-27-21-13-11-9-7-6-8-10-12-20-26-30(32(35)36)39-33(37)31(28-22-16-14-17-23-28)29-24-18-15-19-25-29/h14-19,22-25,30-31H,6-13,20-21,26-27H2,1-5H3,(H,35,36). The lowest BCUT2D eigenvalue weighted by Gasteiger charge is -2.36. The minimum Gasteiger partial charge on any atom is -0.479 e. The van der Waals surface area contributed by atoms with Gasteiger partial charge in [-0.1, -0.05) is 133 Å². The maximum atomic E-state index is 13.2. The monoisotopic (exact) mass is 568 g/mol. The number of aliphatic carboxylic acids is 1. The Morgan fingerprint density at radius 1 is 0.725 bits per heavy atom. The van der Waals surface area contributed by atoms with E-state index in [4.69, 9.17) is 9.16 Å². The molecule has 222 valence electrons. The lowest BCUT2D eigenvalue weighted by atomic mass is 9.91. The van der Waals surface area contributed by atoms with E-state index < -0.39 is 32.3 Å². The molecule has 0 aliphatic carbocycles. The largest absolute Gasteiger partial charge is 0.479 e. The molecule has 0 heterocycles. The van der Waals surface area contributed by atoms with Gasteiger partial charge in [0.25, 0.3) is 0 Å². The van der Waals surface area contributed by atoms with Crippen LogP contribution >= 0.6 is 0 Å². The molecule has 0 saturated carbocycles. The van der Waals surface area contributed by atoms with Crippen LogP contribution < -0.4 is 0 Å². The Bertz CT molecular complexity index is 945. The van der Waals surface area contributed by atoms with Crippen molar-refractivity contribution in [1.29, 1.82) is 0 Å². The fraction of sp³-hybridized carbons (Fsp3) is 0.588. The molecule has 0 aliphatic heterocycles. The summed E-state index contributed by atoms with van der Waals surface area (Å²) in [6.07, 6.45) is 10.5. The van der Waals surface area contributed by atoms with Crippen molar-refractivity contribution in [3.8, 4) is 0 Å². The molecule has 0 spiro atoms. The van der Waals surface area contributed by atoms with Gasteiger partial charge in [-0.25, -0.2) is 4.79 Å². The summed E-state index contributed by atoms with van der Waals surface area (Å²) in [6.45, 7) is 12.4. The molecule has 1 unspecified atom stereocenters. The molecule has 6 heteroatoms. The van der Waals surface area contributed by atoms with Gasteiger partial charge in [0.05, 0.1) is 0 Å². The van der Waals surface area contributed by atoms with E-state index in [1.165, 1.54) is 32.1 Å². The van der Waals surface area contributed by atoms with Crippen molar-refractivity contribution in [3.63, 3.8) is 0 Å². The van der Waals surface area contributed by atoms with Crippen LogP contribution in [-0.4, -0.2) is 38.1 Å². The third kappa shape index (κ3) is 12.0. The lowest BCUT2D eigenvalue weighted by molar-refractivity contribution is -0.165. The first kappa shape index (κ1) is 33.8. The van der Waals surface area contributed by atoms with Crippen LogP contribution in [0.25, 0.3) is 0 Å². The maximum absolute atomic E-state index is 13.2. The molecule has 0 radical (unpaired) electrons. The van der Waals surface area contributed by atoms with E-state index in [1.807, 2.05) is 60.7 Å². The minimum absolute atomic E-state index is 0.278. The average Bonchev–Trinajstić information content (AvgIpc) is 2.91. The minimum atomic E-state index is -1.61. The summed E-state index contributed by atoms with van der Waals surface area (Å²) in [5.74, 6) is -2.24. The predicted molar refractivity (Wildman–Crippen MR) is 166 cm³/mol. The maximum Gasteiger partial charge on any atom is 0.345 e. The van der Waals surface area contributed by atoms with Gasteiger partial charge in [0.15, 0.2) is 14.4 Å². The molecule has 0 aliphatic rings. The van der Waals surface area contributed by atoms with Gasteiger partial charge in [0.1, 0.15) is 5.92 Å². The third-order valence-corrected chi connectivity index (χ3v) is 12.7. The van der Waals surface area contributed by atoms with Crippen LogP contribution in [0, 0.1) is 0 Å². The third-order valence-electron chi connectivity index (χ3n) is 8.17. The molecule has 1 atom stereocenters. The van der Waals surface area contributed by atoms with Crippen LogP contribution in [0.4, 0.5) is 0 Å². The number of carboxylic acids is 1. The first-order valence-electron chi connectivity index (χ1n) is 15.2. The predicted octanol–water partition coefficient (Wildman–Crippen LogP) is 9.13. The number of benzene rings is 2. The normalized spacial score (nSPS) is 12.8. The summed E-state index contributed by atoms with van der Waals surface area (Å²) < 4.78 is 11.8. The highest BCUT2D eigenvalue weighted by Gasteiger charge is 2.36. The molecule has 2 rings (SSSR count). The first-order chi connectivity index (χ1) is 19.0. The summed E-state index contributed by atoms with van der Waals surface area (Å²) in [5, 5.41) is 9.99. The highest BCUT2D eigenvalue weighted by Crippen LogP contribution is 2.36. The number of carbonyl (C=O) groups is 2. The van der Waals surface area contributed by atoms with E-state index >= 15 is 0 Å². The van der Waals surface area contributed by atoms with Gasteiger partial charge >= 0.3 is 11.9 Å². The smallest absolute Gasteiger partial charge is 0.345 e. The van der Waals surface area contributed by atoms with Gasteiger partial charge in [-0.05, 0) is 48.5 Å². The molecule has 1 N–H and O–H groups in total. The average molecular weight is 569 g/mol. The number of rotatable bonds is 19. The summed E-state index contributed by atoms with van der Waals surface area (Å²) >= 11 is 0. The number of hydrogen-bond acceptors (Lipinski definition) is 4. The molecule has 0 fully saturated rings. The van der Waals surface area contributed by atoms with E-state index in [0.29, 0.717) is 6.42 Å². The molecule has 2 aromatic rings. The Labute approximate surface area is 243 Å². The Kier molecular flexibility index (Phi) is 14.7. The Balaban J connectivity index is 1.62. The zero-order chi connectivity index (χ0) is 29.4. The summed E-state index contributed by atoms with van der Waals surface area (Å²) in [7, 11) is -1.61. The number of esters is 1. The van der Waals surface area contributed by atoms with Gasteiger partial charge in [0.2, 0.25) is 0 Å². The van der Waals surface area contributed by atoms with Crippen molar-refractivity contribution in [2.24, 2.45) is 0 Å². The summed E-state index contributed by atoms with van der Waals surface area (Å²) in [4.78, 5) is 25.0. The number of hydrogen-bond donors (Lipinski definition) is 1. The molecule has 0 amide bonds. The molecule has 0 aromatic heterocycles. The SMILES string of the molecule is CC(C)(C)[Si](C)(C)OCCCCCCCCCCCCC(OC(=O)C(c1ccccc1)c1ccccc1)C(=O)O. The molecule has 40 heavy (non-hydrogen) atoms. The van der Waals surface area contributed by atoms with Crippen molar-refractivity contribution in [2.45, 2.75) is 122 Å². The summed E-state index contributed by atoms with van der Waals surface area (Å²) in [6, 6.07) is 18.8. The van der Waals surface area contributed by atoms with E-state index in [-0.39, 0.29) is 5.04 Å². The number of carbonyl (C=O) groups excluding carboxylic acids is 1. The van der Waals surface area contributed by atoms with Gasteiger partial charge in [-0.15, -0.1) is 0 Å².